The van der Waals surface area contributed by atoms with E-state index < -0.39 is 0 Å². The van der Waals surface area contributed by atoms with Gasteiger partial charge >= 0.3 is 0 Å². The highest BCUT2D eigenvalue weighted by molar-refractivity contribution is 5.79. The highest BCUT2D eigenvalue weighted by Gasteiger charge is 2.27. The lowest BCUT2D eigenvalue weighted by Gasteiger charge is -2.29. The molecule has 0 saturated carbocycles. The second-order valence-corrected chi connectivity index (χ2v) is 5.22. The third-order valence-corrected chi connectivity index (χ3v) is 3.75. The zero-order valence-corrected chi connectivity index (χ0v) is 10.5. The minimum Gasteiger partial charge on any atom is -0.330 e. The van der Waals surface area contributed by atoms with Gasteiger partial charge in [-0.05, 0) is 42.3 Å². The van der Waals surface area contributed by atoms with Gasteiger partial charge in [-0.3, -0.25) is 4.79 Å². The number of ketones is 1. The maximum Gasteiger partial charge on any atom is 0.133 e. The quantitative estimate of drug-likeness (QED) is 0.818. The van der Waals surface area contributed by atoms with Crippen LogP contribution in [0.4, 0.5) is 0 Å². The van der Waals surface area contributed by atoms with Gasteiger partial charge in [0, 0.05) is 12.8 Å². The average Bonchev–Trinajstić information content (AvgIpc) is 2.33. The van der Waals surface area contributed by atoms with Gasteiger partial charge < -0.3 is 5.73 Å². The summed E-state index contributed by atoms with van der Waals surface area (Å²) in [5, 5.41) is 0. The topological polar surface area (TPSA) is 43.1 Å². The predicted octanol–water partition coefficient (Wildman–Crippen LogP) is 2.66. The Morgan fingerprint density at radius 2 is 2.24 bits per heavy atom. The van der Waals surface area contributed by atoms with E-state index in [9.17, 15) is 4.79 Å². The Morgan fingerprint density at radius 1 is 1.47 bits per heavy atom. The van der Waals surface area contributed by atoms with Crippen LogP contribution in [0.5, 0.6) is 0 Å². The Labute approximate surface area is 103 Å². The maximum atomic E-state index is 11.8. The summed E-state index contributed by atoms with van der Waals surface area (Å²) < 4.78 is 0. The van der Waals surface area contributed by atoms with Crippen molar-refractivity contribution < 1.29 is 4.79 Å². The Kier molecular flexibility index (Phi) is 3.95. The molecule has 0 heterocycles. The number of nitrogens with two attached hydrogens (primary N) is 1. The molecule has 0 spiro atoms. The third-order valence-electron chi connectivity index (χ3n) is 3.75. The monoisotopic (exact) mass is 231 g/mol. The molecule has 0 bridgehead atoms. The predicted molar refractivity (Wildman–Crippen MR) is 70.0 cm³/mol. The van der Waals surface area contributed by atoms with Crippen LogP contribution in [0.3, 0.4) is 0 Å². The van der Waals surface area contributed by atoms with Crippen molar-refractivity contribution >= 4 is 5.78 Å². The zero-order valence-electron chi connectivity index (χ0n) is 10.5. The van der Waals surface area contributed by atoms with Gasteiger partial charge in [-0.15, -0.1) is 0 Å². The molecule has 0 fully saturated rings. The van der Waals surface area contributed by atoms with Crippen molar-refractivity contribution in [1.82, 2.24) is 0 Å². The molecule has 1 aliphatic rings. The van der Waals surface area contributed by atoms with Crippen molar-refractivity contribution in [2.45, 2.75) is 38.5 Å². The van der Waals surface area contributed by atoms with Crippen LogP contribution >= 0.6 is 0 Å². The van der Waals surface area contributed by atoms with Crippen LogP contribution in [0.1, 0.15) is 43.2 Å². The number of hydrogen-bond acceptors (Lipinski definition) is 2. The first-order chi connectivity index (χ1) is 8.20. The normalized spacial score (nSPS) is 19.3. The number of Topliss-reactive ketones (excluding diaryl/α,β-unsaturated/α-hetero) is 1. The summed E-state index contributed by atoms with van der Waals surface area (Å²) in [7, 11) is 0. The lowest BCUT2D eigenvalue weighted by atomic mass is 9.75. The summed E-state index contributed by atoms with van der Waals surface area (Å²) in [6.45, 7) is 2.78. The molecule has 92 valence electrons. The molecule has 2 heteroatoms. The minimum atomic E-state index is 0.393. The number of fused-ring (bicyclic) bond motifs is 1. The van der Waals surface area contributed by atoms with Gasteiger partial charge in [0.15, 0.2) is 0 Å². The van der Waals surface area contributed by atoms with Gasteiger partial charge in [-0.25, -0.2) is 0 Å². The van der Waals surface area contributed by atoms with Gasteiger partial charge in [0.1, 0.15) is 5.78 Å². The van der Waals surface area contributed by atoms with E-state index in [1.807, 2.05) is 0 Å². The molecule has 0 aliphatic heterocycles. The molecule has 2 nitrogen and oxygen atoms in total. The zero-order chi connectivity index (χ0) is 12.3. The van der Waals surface area contributed by atoms with Crippen molar-refractivity contribution in [2.75, 3.05) is 6.54 Å². The van der Waals surface area contributed by atoms with Gasteiger partial charge in [0.05, 0.1) is 0 Å². The van der Waals surface area contributed by atoms with Crippen molar-refractivity contribution in [3.8, 4) is 0 Å². The van der Waals surface area contributed by atoms with Crippen LogP contribution in [0.25, 0.3) is 0 Å². The van der Waals surface area contributed by atoms with E-state index in [2.05, 4.69) is 31.2 Å². The number of benzene rings is 1. The van der Waals surface area contributed by atoms with Crippen LogP contribution in [-0.4, -0.2) is 12.3 Å². The summed E-state index contributed by atoms with van der Waals surface area (Å²) in [5.41, 5.74) is 8.35. The van der Waals surface area contributed by atoms with Crippen LogP contribution in [0.2, 0.25) is 0 Å². The van der Waals surface area contributed by atoms with E-state index in [1.54, 1.807) is 0 Å². The Bertz CT molecular complexity index is 400. The van der Waals surface area contributed by atoms with E-state index in [4.69, 9.17) is 5.73 Å². The number of rotatable bonds is 6. The molecular weight excluding hydrogens is 210 g/mol. The molecule has 0 aromatic heterocycles. The molecular formula is C15H21NO. The minimum absolute atomic E-state index is 0.393. The van der Waals surface area contributed by atoms with Crippen LogP contribution in [0.15, 0.2) is 24.3 Å². The molecule has 0 radical (unpaired) electrons. The molecule has 2 atom stereocenters. The fourth-order valence-electron chi connectivity index (χ4n) is 2.45. The second-order valence-electron chi connectivity index (χ2n) is 5.22. The van der Waals surface area contributed by atoms with Gasteiger partial charge in [0.2, 0.25) is 0 Å². The molecule has 0 saturated heterocycles. The van der Waals surface area contributed by atoms with E-state index in [0.29, 0.717) is 37.0 Å². The lowest BCUT2D eigenvalue weighted by Crippen LogP contribution is -2.20. The van der Waals surface area contributed by atoms with Crippen molar-refractivity contribution in [2.24, 2.45) is 11.7 Å². The fraction of sp³-hybridized carbons (Fsp3) is 0.533. The maximum absolute atomic E-state index is 11.8. The molecule has 0 amide bonds. The van der Waals surface area contributed by atoms with Gasteiger partial charge in [0.25, 0.3) is 0 Å². The number of carbonyl (C=O) groups is 1. The van der Waals surface area contributed by atoms with Crippen LogP contribution in [0, 0.1) is 5.92 Å². The van der Waals surface area contributed by atoms with Gasteiger partial charge in [-0.2, -0.15) is 0 Å². The largest absolute Gasteiger partial charge is 0.330 e. The smallest absolute Gasteiger partial charge is 0.133 e. The van der Waals surface area contributed by atoms with Crippen LogP contribution in [-0.2, 0) is 11.2 Å². The summed E-state index contributed by atoms with van der Waals surface area (Å²) in [6, 6.07) is 8.44. The van der Waals surface area contributed by atoms with Crippen LogP contribution < -0.4 is 5.73 Å². The molecule has 1 aliphatic carbocycles. The summed E-state index contributed by atoms with van der Waals surface area (Å²) in [4.78, 5) is 11.8. The molecule has 17 heavy (non-hydrogen) atoms. The summed E-state index contributed by atoms with van der Waals surface area (Å²) in [5.74, 6) is 1.34. The lowest BCUT2D eigenvalue weighted by molar-refractivity contribution is -0.119. The Morgan fingerprint density at radius 3 is 2.94 bits per heavy atom. The SMILES string of the molecule is CC(CN)CCC(=O)CC1Cc2ccccc21. The standard InChI is InChI=1S/C15H21NO/c1-11(10-16)6-7-14(17)9-13-8-12-4-2-3-5-15(12)13/h2-5,11,13H,6-10,16H2,1H3. The Balaban J connectivity index is 1.78. The first-order valence-electron chi connectivity index (χ1n) is 6.50. The van der Waals surface area contributed by atoms with Crippen molar-refractivity contribution in [1.29, 1.82) is 0 Å². The second kappa shape index (κ2) is 5.46. The molecule has 1 aromatic carbocycles. The highest BCUT2D eigenvalue weighted by atomic mass is 16.1. The Hall–Kier alpha value is -1.15. The van der Waals surface area contributed by atoms with Crippen molar-refractivity contribution in [3.05, 3.63) is 35.4 Å². The molecule has 2 N–H and O–H groups in total. The van der Waals surface area contributed by atoms with E-state index in [-0.39, 0.29) is 0 Å². The van der Waals surface area contributed by atoms with E-state index in [0.717, 1.165) is 12.8 Å². The number of carbonyl (C=O) groups excluding carboxylic acids is 1. The fourth-order valence-corrected chi connectivity index (χ4v) is 2.45. The summed E-state index contributed by atoms with van der Waals surface area (Å²) in [6.07, 6.45) is 3.42. The molecule has 2 rings (SSSR count). The number of hydrogen-bond donors (Lipinski definition) is 1. The first-order valence-corrected chi connectivity index (χ1v) is 6.50. The highest BCUT2D eigenvalue weighted by Crippen LogP contribution is 2.37. The van der Waals surface area contributed by atoms with E-state index in [1.165, 1.54) is 11.1 Å². The molecule has 1 aromatic rings. The summed E-state index contributed by atoms with van der Waals surface area (Å²) >= 11 is 0. The third kappa shape index (κ3) is 2.95. The van der Waals surface area contributed by atoms with E-state index >= 15 is 0 Å². The first kappa shape index (κ1) is 12.3. The average molecular weight is 231 g/mol. The van der Waals surface area contributed by atoms with Gasteiger partial charge in [-0.1, -0.05) is 31.2 Å². The molecule has 2 unspecified atom stereocenters. The van der Waals surface area contributed by atoms with Crippen molar-refractivity contribution in [3.63, 3.8) is 0 Å².